The monoisotopic (exact) mass is 492 g/mol. The van der Waals surface area contributed by atoms with Gasteiger partial charge in [-0.25, -0.2) is 17.6 Å². The standard InChI is InChI=1S/C24H33FN4O4S/c1-16(28-6-8-29(9-7-28)34(32,33)21-5-3-2-4-20(21)25)22(30)26-23(31)27-24-13-17-10-18(14-24)12-19(11-17)15-24/h2-5,16-19H,6-15H2,1H3,(H2,26,27,30,31). The molecule has 4 bridgehead atoms. The zero-order valence-electron chi connectivity index (χ0n) is 19.5. The van der Waals surface area contributed by atoms with Gasteiger partial charge in [0.1, 0.15) is 10.7 Å². The summed E-state index contributed by atoms with van der Waals surface area (Å²) in [4.78, 5) is 27.0. The molecule has 3 amide bonds. The van der Waals surface area contributed by atoms with Crippen LogP contribution in [0.25, 0.3) is 0 Å². The van der Waals surface area contributed by atoms with Crippen molar-refractivity contribution in [2.24, 2.45) is 17.8 Å². The molecule has 1 unspecified atom stereocenters. The summed E-state index contributed by atoms with van der Waals surface area (Å²) in [5.74, 6) is 0.907. The lowest BCUT2D eigenvalue weighted by Crippen LogP contribution is -2.63. The van der Waals surface area contributed by atoms with E-state index in [2.05, 4.69) is 10.6 Å². The molecule has 10 heteroatoms. The molecule has 0 radical (unpaired) electrons. The molecule has 5 fully saturated rings. The summed E-state index contributed by atoms with van der Waals surface area (Å²) in [5, 5.41) is 5.67. The molecule has 4 aliphatic carbocycles. The first-order valence-corrected chi connectivity index (χ1v) is 13.7. The van der Waals surface area contributed by atoms with Crippen molar-refractivity contribution >= 4 is 22.0 Å². The maximum Gasteiger partial charge on any atom is 0.321 e. The van der Waals surface area contributed by atoms with Gasteiger partial charge in [-0.05, 0) is 75.3 Å². The number of nitrogens with zero attached hydrogens (tertiary/aromatic N) is 2. The molecule has 0 spiro atoms. The fraction of sp³-hybridized carbons (Fsp3) is 0.667. The molecular weight excluding hydrogens is 459 g/mol. The van der Waals surface area contributed by atoms with Gasteiger partial charge in [0.25, 0.3) is 0 Å². The number of sulfonamides is 1. The van der Waals surface area contributed by atoms with Crippen LogP contribution < -0.4 is 10.6 Å². The highest BCUT2D eigenvalue weighted by atomic mass is 32.2. The summed E-state index contributed by atoms with van der Waals surface area (Å²) in [5.41, 5.74) is -0.172. The van der Waals surface area contributed by atoms with Gasteiger partial charge in [0.2, 0.25) is 15.9 Å². The molecule has 1 saturated heterocycles. The van der Waals surface area contributed by atoms with E-state index in [1.807, 2.05) is 4.90 Å². The van der Waals surface area contributed by atoms with Crippen molar-refractivity contribution in [2.75, 3.05) is 26.2 Å². The predicted octanol–water partition coefficient (Wildman–Crippen LogP) is 2.32. The van der Waals surface area contributed by atoms with Crippen molar-refractivity contribution in [3.8, 4) is 0 Å². The van der Waals surface area contributed by atoms with Crippen LogP contribution in [0, 0.1) is 23.6 Å². The Labute approximate surface area is 200 Å². The van der Waals surface area contributed by atoms with Crippen molar-refractivity contribution in [1.29, 1.82) is 0 Å². The number of urea groups is 1. The number of imide groups is 1. The highest BCUT2D eigenvalue weighted by Gasteiger charge is 2.51. The Morgan fingerprint density at radius 1 is 1.00 bits per heavy atom. The summed E-state index contributed by atoms with van der Waals surface area (Å²) in [7, 11) is -3.94. The third-order valence-electron chi connectivity index (χ3n) is 8.31. The number of hydrogen-bond donors (Lipinski definition) is 2. The highest BCUT2D eigenvalue weighted by molar-refractivity contribution is 7.89. The van der Waals surface area contributed by atoms with Gasteiger partial charge in [0.15, 0.2) is 0 Å². The number of carbonyl (C=O) groups excluding carboxylic acids is 2. The van der Waals surface area contributed by atoms with Gasteiger partial charge in [-0.1, -0.05) is 12.1 Å². The van der Waals surface area contributed by atoms with E-state index < -0.39 is 33.8 Å². The average molecular weight is 493 g/mol. The zero-order valence-corrected chi connectivity index (χ0v) is 20.3. The van der Waals surface area contributed by atoms with E-state index in [0.717, 1.165) is 25.3 Å². The molecule has 1 aromatic rings. The normalized spacial score (nSPS) is 32.4. The van der Waals surface area contributed by atoms with E-state index in [4.69, 9.17) is 0 Å². The molecule has 1 heterocycles. The summed E-state index contributed by atoms with van der Waals surface area (Å²) in [6, 6.07) is 4.32. The fourth-order valence-electron chi connectivity index (χ4n) is 7.04. The molecule has 0 aromatic heterocycles. The fourth-order valence-corrected chi connectivity index (χ4v) is 8.53. The van der Waals surface area contributed by atoms with Crippen LogP contribution in [0.15, 0.2) is 29.2 Å². The van der Waals surface area contributed by atoms with Crippen molar-refractivity contribution in [1.82, 2.24) is 19.8 Å². The lowest BCUT2D eigenvalue weighted by Gasteiger charge is -2.56. The number of nitrogens with one attached hydrogen (secondary N) is 2. The lowest BCUT2D eigenvalue weighted by molar-refractivity contribution is -0.125. The first kappa shape index (κ1) is 23.7. The van der Waals surface area contributed by atoms with Crippen molar-refractivity contribution in [3.05, 3.63) is 30.1 Å². The molecule has 34 heavy (non-hydrogen) atoms. The van der Waals surface area contributed by atoms with Gasteiger partial charge in [-0.15, -0.1) is 0 Å². The smallest absolute Gasteiger partial charge is 0.321 e. The van der Waals surface area contributed by atoms with Gasteiger partial charge in [0, 0.05) is 31.7 Å². The first-order valence-electron chi connectivity index (χ1n) is 12.3. The summed E-state index contributed by atoms with van der Waals surface area (Å²) < 4.78 is 40.9. The van der Waals surface area contributed by atoms with E-state index in [1.165, 1.54) is 41.8 Å². The maximum absolute atomic E-state index is 14.0. The molecule has 1 aliphatic heterocycles. The van der Waals surface area contributed by atoms with Crippen LogP contribution in [0.2, 0.25) is 0 Å². The largest absolute Gasteiger partial charge is 0.332 e. The third-order valence-corrected chi connectivity index (χ3v) is 10.2. The summed E-state index contributed by atoms with van der Waals surface area (Å²) >= 11 is 0. The molecule has 5 aliphatic rings. The number of halogens is 1. The van der Waals surface area contributed by atoms with Gasteiger partial charge >= 0.3 is 6.03 Å². The third kappa shape index (κ3) is 4.47. The van der Waals surface area contributed by atoms with Crippen LogP contribution in [0.5, 0.6) is 0 Å². The second kappa shape index (κ2) is 8.87. The Hall–Kier alpha value is -2.04. The first-order chi connectivity index (χ1) is 16.1. The minimum atomic E-state index is -3.94. The molecule has 8 nitrogen and oxygen atoms in total. The van der Waals surface area contributed by atoms with Crippen molar-refractivity contribution < 1.29 is 22.4 Å². The Balaban J connectivity index is 1.14. The molecule has 2 N–H and O–H groups in total. The molecule has 186 valence electrons. The Bertz CT molecular complexity index is 1040. The van der Waals surface area contributed by atoms with Gasteiger partial charge in [-0.3, -0.25) is 15.0 Å². The van der Waals surface area contributed by atoms with Crippen LogP contribution in [-0.4, -0.2) is 67.3 Å². The van der Waals surface area contributed by atoms with Crippen molar-refractivity contribution in [3.63, 3.8) is 0 Å². The molecule has 6 rings (SSSR count). The minimum absolute atomic E-state index is 0.147. The molecular formula is C24H33FN4O4S. The van der Waals surface area contributed by atoms with Crippen LogP contribution in [0.3, 0.4) is 0 Å². The summed E-state index contributed by atoms with van der Waals surface area (Å²) in [6.45, 7) is 2.65. The number of benzene rings is 1. The van der Waals surface area contributed by atoms with Crippen molar-refractivity contribution in [2.45, 2.75) is 61.9 Å². The average Bonchev–Trinajstić information content (AvgIpc) is 2.77. The van der Waals surface area contributed by atoms with E-state index in [-0.39, 0.29) is 23.5 Å². The zero-order chi connectivity index (χ0) is 24.1. The second-order valence-corrected chi connectivity index (χ2v) is 12.6. The minimum Gasteiger partial charge on any atom is -0.332 e. The molecule has 1 aromatic carbocycles. The number of piperazine rings is 1. The number of hydrogen-bond acceptors (Lipinski definition) is 5. The number of carbonyl (C=O) groups is 2. The number of amides is 3. The van der Waals surface area contributed by atoms with Gasteiger partial charge in [0.05, 0.1) is 6.04 Å². The van der Waals surface area contributed by atoms with E-state index in [1.54, 1.807) is 6.92 Å². The van der Waals surface area contributed by atoms with Crippen LogP contribution in [0.4, 0.5) is 9.18 Å². The van der Waals surface area contributed by atoms with Gasteiger partial charge in [-0.2, -0.15) is 4.31 Å². The van der Waals surface area contributed by atoms with E-state index in [9.17, 15) is 22.4 Å². The van der Waals surface area contributed by atoms with Gasteiger partial charge < -0.3 is 5.32 Å². The predicted molar refractivity (Wildman–Crippen MR) is 124 cm³/mol. The van der Waals surface area contributed by atoms with Crippen LogP contribution >= 0.6 is 0 Å². The summed E-state index contributed by atoms with van der Waals surface area (Å²) in [6.07, 6.45) is 6.85. The van der Waals surface area contributed by atoms with E-state index in [0.29, 0.717) is 30.8 Å². The number of rotatable bonds is 5. The molecule has 1 atom stereocenters. The topological polar surface area (TPSA) is 98.8 Å². The van der Waals surface area contributed by atoms with E-state index >= 15 is 0 Å². The Kier molecular flexibility index (Phi) is 6.18. The van der Waals surface area contributed by atoms with Crippen LogP contribution in [-0.2, 0) is 14.8 Å². The second-order valence-electron chi connectivity index (χ2n) is 10.7. The Morgan fingerprint density at radius 3 is 2.12 bits per heavy atom. The Morgan fingerprint density at radius 2 is 1.56 bits per heavy atom. The maximum atomic E-state index is 14.0. The lowest BCUT2D eigenvalue weighted by atomic mass is 9.53. The quantitative estimate of drug-likeness (QED) is 0.657. The van der Waals surface area contributed by atoms with Crippen LogP contribution in [0.1, 0.15) is 45.4 Å². The highest BCUT2D eigenvalue weighted by Crippen LogP contribution is 2.55. The SMILES string of the molecule is CC(C(=O)NC(=O)NC12CC3CC(CC(C3)C1)C2)N1CCN(S(=O)(=O)c2ccccc2F)CC1. The molecule has 4 saturated carbocycles.